The van der Waals surface area contributed by atoms with Crippen molar-refractivity contribution in [1.29, 1.82) is 0 Å². The number of carboxylic acids is 1. The monoisotopic (exact) mass is 462 g/mol. The van der Waals surface area contributed by atoms with Crippen LogP contribution in [0.5, 0.6) is 5.75 Å². The highest BCUT2D eigenvalue weighted by atomic mass is 32.3. The summed E-state index contributed by atoms with van der Waals surface area (Å²) in [7, 11) is -3.07. The van der Waals surface area contributed by atoms with Gasteiger partial charge in [-0.15, -0.1) is 11.8 Å². The Morgan fingerprint density at radius 3 is 2.61 bits per heavy atom. The summed E-state index contributed by atoms with van der Waals surface area (Å²) in [6.07, 6.45) is 6.64. The molecule has 5 nitrogen and oxygen atoms in total. The third-order valence-corrected chi connectivity index (χ3v) is 8.65. The minimum absolute atomic E-state index is 0.0240. The lowest BCUT2D eigenvalue weighted by Gasteiger charge is -2.39. The Balaban J connectivity index is 2.19. The van der Waals surface area contributed by atoms with E-state index in [1.807, 2.05) is 30.5 Å². The Kier molecular flexibility index (Phi) is 7.42. The molecule has 3 N–H and O–H groups in total. The van der Waals surface area contributed by atoms with Gasteiger partial charge < -0.3 is 9.84 Å². The SMILES string of the molecule is CCCC1(C)CC(c2ccccc2)c2cc(SC)c(O/C=C/C(=O)O)cc2S(O)(O)C1. The summed E-state index contributed by atoms with van der Waals surface area (Å²) in [4.78, 5) is 12.1. The highest BCUT2D eigenvalue weighted by molar-refractivity contribution is 8.24. The molecule has 0 fully saturated rings. The first-order valence-electron chi connectivity index (χ1n) is 10.3. The Labute approximate surface area is 189 Å². The van der Waals surface area contributed by atoms with Gasteiger partial charge in [-0.3, -0.25) is 9.11 Å². The van der Waals surface area contributed by atoms with Crippen LogP contribution in [0.4, 0.5) is 0 Å². The fourth-order valence-electron chi connectivity index (χ4n) is 4.52. The van der Waals surface area contributed by atoms with Crippen molar-refractivity contribution in [2.45, 2.75) is 48.8 Å². The molecule has 0 amide bonds. The molecule has 2 unspecified atom stereocenters. The van der Waals surface area contributed by atoms with Crippen molar-refractivity contribution in [3.05, 3.63) is 65.9 Å². The van der Waals surface area contributed by atoms with E-state index in [1.54, 1.807) is 6.07 Å². The van der Waals surface area contributed by atoms with Gasteiger partial charge >= 0.3 is 5.97 Å². The van der Waals surface area contributed by atoms with Gasteiger partial charge in [0.15, 0.2) is 0 Å². The second kappa shape index (κ2) is 9.69. The van der Waals surface area contributed by atoms with Crippen molar-refractivity contribution in [1.82, 2.24) is 0 Å². The average molecular weight is 463 g/mol. The van der Waals surface area contributed by atoms with Crippen LogP contribution in [0.15, 0.2) is 64.6 Å². The zero-order valence-corrected chi connectivity index (χ0v) is 19.7. The smallest absolute Gasteiger partial charge is 0.331 e. The van der Waals surface area contributed by atoms with Crippen LogP contribution < -0.4 is 4.74 Å². The second-order valence-electron chi connectivity index (χ2n) is 8.34. The maximum atomic E-state index is 11.3. The molecule has 0 radical (unpaired) electrons. The van der Waals surface area contributed by atoms with Crippen LogP contribution in [0.25, 0.3) is 0 Å². The van der Waals surface area contributed by atoms with Crippen molar-refractivity contribution in [3.8, 4) is 5.75 Å². The number of fused-ring (bicyclic) bond motifs is 1. The number of carboxylic acid groups (broad SMARTS) is 1. The molecule has 7 heteroatoms. The molecule has 1 heterocycles. The van der Waals surface area contributed by atoms with Crippen molar-refractivity contribution in [2.75, 3.05) is 12.0 Å². The van der Waals surface area contributed by atoms with Crippen molar-refractivity contribution in [3.63, 3.8) is 0 Å². The largest absolute Gasteiger partial charge is 0.478 e. The zero-order chi connectivity index (χ0) is 22.6. The van der Waals surface area contributed by atoms with Crippen molar-refractivity contribution < 1.29 is 23.7 Å². The predicted octanol–water partition coefficient (Wildman–Crippen LogP) is 6.84. The lowest BCUT2D eigenvalue weighted by atomic mass is 9.74. The minimum atomic E-state index is -3.07. The summed E-state index contributed by atoms with van der Waals surface area (Å²) in [5.74, 6) is -0.359. The van der Waals surface area contributed by atoms with Gasteiger partial charge in [-0.1, -0.05) is 50.6 Å². The summed E-state index contributed by atoms with van der Waals surface area (Å²) in [6.45, 7) is 4.27. The maximum absolute atomic E-state index is 11.3. The number of thioether (sulfide) groups is 1. The van der Waals surface area contributed by atoms with E-state index in [2.05, 4.69) is 26.0 Å². The molecule has 168 valence electrons. The Morgan fingerprint density at radius 1 is 1.29 bits per heavy atom. The van der Waals surface area contributed by atoms with E-state index in [0.717, 1.165) is 47.6 Å². The first-order chi connectivity index (χ1) is 14.7. The molecule has 0 bridgehead atoms. The number of rotatable bonds is 7. The van der Waals surface area contributed by atoms with Gasteiger partial charge in [0.25, 0.3) is 0 Å². The fourth-order valence-corrected chi connectivity index (χ4v) is 7.33. The number of hydrogen-bond acceptors (Lipinski definition) is 5. The maximum Gasteiger partial charge on any atom is 0.331 e. The van der Waals surface area contributed by atoms with E-state index in [9.17, 15) is 13.9 Å². The van der Waals surface area contributed by atoms with Crippen LogP contribution in [-0.4, -0.2) is 32.2 Å². The van der Waals surface area contributed by atoms with Gasteiger partial charge in [-0.2, -0.15) is 10.6 Å². The number of hydrogen-bond donors (Lipinski definition) is 3. The summed E-state index contributed by atoms with van der Waals surface area (Å²) >= 11 is 1.48. The number of aliphatic carboxylic acids is 1. The molecule has 2 aromatic carbocycles. The van der Waals surface area contributed by atoms with Gasteiger partial charge in [-0.25, -0.2) is 4.79 Å². The van der Waals surface area contributed by atoms with Gasteiger partial charge in [0.05, 0.1) is 22.1 Å². The van der Waals surface area contributed by atoms with Crippen LogP contribution in [0.1, 0.15) is 50.2 Å². The van der Waals surface area contributed by atoms with E-state index in [4.69, 9.17) is 9.84 Å². The molecule has 3 rings (SSSR count). The average Bonchev–Trinajstić information content (AvgIpc) is 2.80. The molecular formula is C24H30O5S2. The normalized spacial score (nSPS) is 23.7. The first-order valence-corrected chi connectivity index (χ1v) is 13.2. The van der Waals surface area contributed by atoms with Crippen molar-refractivity contribution in [2.24, 2.45) is 5.41 Å². The molecule has 2 atom stereocenters. The van der Waals surface area contributed by atoms with Crippen LogP contribution >= 0.6 is 22.4 Å². The Morgan fingerprint density at radius 2 is 2.00 bits per heavy atom. The summed E-state index contributed by atoms with van der Waals surface area (Å²) < 4.78 is 28.2. The van der Waals surface area contributed by atoms with E-state index in [-0.39, 0.29) is 11.3 Å². The summed E-state index contributed by atoms with van der Waals surface area (Å²) in [6, 6.07) is 13.9. The molecule has 0 saturated heterocycles. The highest BCUT2D eigenvalue weighted by Crippen LogP contribution is 2.62. The van der Waals surface area contributed by atoms with E-state index in [1.165, 1.54) is 11.8 Å². The first kappa shape index (κ1) is 23.7. The lowest BCUT2D eigenvalue weighted by molar-refractivity contribution is -0.131. The Bertz CT molecular complexity index is 958. The predicted molar refractivity (Wildman–Crippen MR) is 128 cm³/mol. The molecule has 1 aliphatic rings. The van der Waals surface area contributed by atoms with Gasteiger partial charge in [-0.05, 0) is 41.7 Å². The fraction of sp³-hybridized carbons (Fsp3) is 0.375. The standard InChI is InChI=1S/C24H30O5S2/c1-4-11-24(2)15-19(17-8-6-5-7-9-17)18-13-21(30-3)20(29-12-10-23(25)26)14-22(18)31(27,28)16-24/h5-10,12-14,19,27-28H,4,11,15-16H2,1-3H3,(H,25,26)/b12-10+. The van der Waals surface area contributed by atoms with E-state index < -0.39 is 16.6 Å². The second-order valence-corrected chi connectivity index (χ2v) is 11.2. The Hall–Kier alpha value is -1.93. The van der Waals surface area contributed by atoms with Gasteiger partial charge in [0, 0.05) is 17.7 Å². The third kappa shape index (κ3) is 5.47. The van der Waals surface area contributed by atoms with Crippen molar-refractivity contribution >= 4 is 28.3 Å². The number of ether oxygens (including phenoxy) is 1. The molecule has 0 aromatic heterocycles. The summed E-state index contributed by atoms with van der Waals surface area (Å²) in [5, 5.41) is 8.85. The topological polar surface area (TPSA) is 87.0 Å². The number of benzene rings is 2. The highest BCUT2D eigenvalue weighted by Gasteiger charge is 2.41. The summed E-state index contributed by atoms with van der Waals surface area (Å²) in [5.41, 5.74) is 1.83. The number of carbonyl (C=O) groups is 1. The van der Waals surface area contributed by atoms with Crippen LogP contribution in [-0.2, 0) is 4.79 Å². The molecular weight excluding hydrogens is 432 g/mol. The van der Waals surface area contributed by atoms with Crippen LogP contribution in [0.3, 0.4) is 0 Å². The molecule has 31 heavy (non-hydrogen) atoms. The molecule has 0 saturated carbocycles. The third-order valence-electron chi connectivity index (χ3n) is 5.73. The molecule has 0 spiro atoms. The molecule has 1 aliphatic heterocycles. The van der Waals surface area contributed by atoms with E-state index in [0.29, 0.717) is 16.4 Å². The quantitative estimate of drug-likeness (QED) is 0.237. The minimum Gasteiger partial charge on any atom is -0.478 e. The molecule has 2 aromatic rings. The van der Waals surface area contributed by atoms with Gasteiger partial charge in [0.2, 0.25) is 0 Å². The van der Waals surface area contributed by atoms with Crippen LogP contribution in [0.2, 0.25) is 0 Å². The van der Waals surface area contributed by atoms with E-state index >= 15 is 0 Å². The lowest BCUT2D eigenvalue weighted by Crippen LogP contribution is -2.25. The van der Waals surface area contributed by atoms with Crippen LogP contribution in [0, 0.1) is 5.41 Å². The van der Waals surface area contributed by atoms with Gasteiger partial charge in [0.1, 0.15) is 5.75 Å². The zero-order valence-electron chi connectivity index (χ0n) is 18.1. The molecule has 0 aliphatic carbocycles.